The van der Waals surface area contributed by atoms with Crippen molar-refractivity contribution in [3.63, 3.8) is 0 Å². The predicted molar refractivity (Wildman–Crippen MR) is 85.7 cm³/mol. The minimum Gasteiger partial charge on any atom is -0.493 e. The van der Waals surface area contributed by atoms with E-state index >= 15 is 0 Å². The molecule has 9 heteroatoms. The summed E-state index contributed by atoms with van der Waals surface area (Å²) in [7, 11) is 1.41. The number of hydrogen-bond donors (Lipinski definition) is 1. The minimum atomic E-state index is -5.03. The number of halogens is 3. The molecule has 1 N–H and O–H groups in total. The van der Waals surface area contributed by atoms with E-state index in [1.807, 2.05) is 0 Å². The summed E-state index contributed by atoms with van der Waals surface area (Å²) in [5.41, 5.74) is -3.12. The van der Waals surface area contributed by atoms with Crippen LogP contribution in [0.4, 0.5) is 13.2 Å². The van der Waals surface area contributed by atoms with Crippen molar-refractivity contribution in [3.8, 4) is 11.5 Å². The zero-order valence-electron chi connectivity index (χ0n) is 14.1. The predicted octanol–water partition coefficient (Wildman–Crippen LogP) is 2.71. The Bertz CT molecular complexity index is 722. The van der Waals surface area contributed by atoms with E-state index < -0.39 is 30.3 Å². The summed E-state index contributed by atoms with van der Waals surface area (Å²) in [5.74, 6) is -1.75. The molecule has 1 saturated carbocycles. The number of methoxy groups -OCH3 is 1. The highest BCUT2D eigenvalue weighted by atomic mass is 19.4. The highest BCUT2D eigenvalue weighted by molar-refractivity contribution is 5.93. The summed E-state index contributed by atoms with van der Waals surface area (Å²) >= 11 is 0. The molecule has 6 nitrogen and oxygen atoms in total. The van der Waals surface area contributed by atoms with E-state index in [2.05, 4.69) is 5.10 Å². The van der Waals surface area contributed by atoms with Crippen LogP contribution >= 0.6 is 0 Å². The Labute approximate surface area is 148 Å². The van der Waals surface area contributed by atoms with Crippen LogP contribution in [0.3, 0.4) is 0 Å². The zero-order chi connectivity index (χ0) is 18.9. The van der Waals surface area contributed by atoms with Gasteiger partial charge in [0.25, 0.3) is 11.6 Å². The number of alkyl halides is 3. The van der Waals surface area contributed by atoms with Crippen LogP contribution in [0.2, 0.25) is 0 Å². The molecule has 1 aliphatic heterocycles. The van der Waals surface area contributed by atoms with Gasteiger partial charge < -0.3 is 14.6 Å². The van der Waals surface area contributed by atoms with E-state index in [0.29, 0.717) is 25.0 Å². The topological polar surface area (TPSA) is 71.4 Å². The molecule has 3 rings (SSSR count). The lowest BCUT2D eigenvalue weighted by Gasteiger charge is -2.38. The van der Waals surface area contributed by atoms with Crippen molar-refractivity contribution in [3.05, 3.63) is 24.3 Å². The first-order valence-corrected chi connectivity index (χ1v) is 8.24. The number of carbonyl (C=O) groups is 1. The Morgan fingerprint density at radius 2 is 2.04 bits per heavy atom. The number of hydrazone groups is 1. The van der Waals surface area contributed by atoms with Crippen molar-refractivity contribution < 1.29 is 32.5 Å². The second kappa shape index (κ2) is 6.79. The van der Waals surface area contributed by atoms with Crippen molar-refractivity contribution in [2.45, 2.75) is 37.6 Å². The van der Waals surface area contributed by atoms with E-state index in [1.54, 1.807) is 18.2 Å². The van der Waals surface area contributed by atoms with Gasteiger partial charge in [-0.2, -0.15) is 23.3 Å². The minimum absolute atomic E-state index is 0.131. The Balaban J connectivity index is 1.81. The van der Waals surface area contributed by atoms with Gasteiger partial charge in [0.05, 0.1) is 13.0 Å². The molecule has 0 spiro atoms. The fraction of sp³-hybridized carbons (Fsp3) is 0.529. The molecule has 1 fully saturated rings. The Hall–Kier alpha value is -2.29. The first kappa shape index (κ1) is 18.5. The molecule has 0 bridgehead atoms. The van der Waals surface area contributed by atoms with Gasteiger partial charge in [-0.1, -0.05) is 18.6 Å². The summed E-state index contributed by atoms with van der Waals surface area (Å²) in [6.45, 7) is -0.706. The first-order chi connectivity index (χ1) is 12.3. The number of nitrogens with zero attached hydrogens (tertiary/aromatic N) is 2. The molecule has 26 heavy (non-hydrogen) atoms. The summed E-state index contributed by atoms with van der Waals surface area (Å²) in [6, 6.07) is 6.44. The van der Waals surface area contributed by atoms with Crippen molar-refractivity contribution in [2.75, 3.05) is 13.7 Å². The van der Waals surface area contributed by atoms with Gasteiger partial charge in [0.1, 0.15) is 0 Å². The first-order valence-electron chi connectivity index (χ1n) is 8.24. The standard InChI is InChI=1S/C17H19F3N2O4/c1-25-13-8-4-5-9-14(13)26-10-15(23)22-16(24,17(18,19)20)11-6-2-3-7-12(11)21-22/h4-5,8-9,11,24H,2-3,6-7,10H2,1H3/t11-,16+/m1/s1. The molecule has 142 valence electrons. The number of benzene rings is 1. The van der Waals surface area contributed by atoms with Gasteiger partial charge in [-0.15, -0.1) is 0 Å². The summed E-state index contributed by atoms with van der Waals surface area (Å²) in [4.78, 5) is 12.4. The number of hydrogen-bond acceptors (Lipinski definition) is 5. The summed E-state index contributed by atoms with van der Waals surface area (Å²) < 4.78 is 51.3. The number of aliphatic hydroxyl groups is 1. The van der Waals surface area contributed by atoms with E-state index in [9.17, 15) is 23.1 Å². The number of carbonyl (C=O) groups excluding carboxylic acids is 1. The average molecular weight is 372 g/mol. The van der Waals surface area contributed by atoms with Crippen molar-refractivity contribution in [1.29, 1.82) is 0 Å². The summed E-state index contributed by atoms with van der Waals surface area (Å²) in [5, 5.41) is 14.4. The highest BCUT2D eigenvalue weighted by Crippen LogP contribution is 2.48. The molecule has 1 amide bonds. The molecule has 0 saturated heterocycles. The van der Waals surface area contributed by atoms with Crippen molar-refractivity contribution in [1.82, 2.24) is 5.01 Å². The molecule has 2 atom stereocenters. The molecule has 1 aromatic rings. The van der Waals surface area contributed by atoms with Crippen molar-refractivity contribution in [2.24, 2.45) is 11.0 Å². The largest absolute Gasteiger partial charge is 0.493 e. The van der Waals surface area contributed by atoms with Crippen LogP contribution in [0.25, 0.3) is 0 Å². The van der Waals surface area contributed by atoms with Gasteiger partial charge in [0, 0.05) is 5.71 Å². The molecule has 0 aromatic heterocycles. The summed E-state index contributed by atoms with van der Waals surface area (Å²) in [6.07, 6.45) is -3.34. The van der Waals surface area contributed by atoms with E-state index in [1.165, 1.54) is 13.2 Å². The van der Waals surface area contributed by atoms with Gasteiger partial charge in [0.15, 0.2) is 18.1 Å². The van der Waals surface area contributed by atoms with Crippen LogP contribution in [0.15, 0.2) is 29.4 Å². The smallest absolute Gasteiger partial charge is 0.439 e. The Morgan fingerprint density at radius 3 is 2.69 bits per heavy atom. The third-order valence-electron chi connectivity index (χ3n) is 4.69. The molecule has 2 aliphatic rings. The quantitative estimate of drug-likeness (QED) is 0.882. The molecular formula is C17H19F3N2O4. The molecule has 1 heterocycles. The fourth-order valence-electron chi connectivity index (χ4n) is 3.40. The van der Waals surface area contributed by atoms with Gasteiger partial charge in [-0.05, 0) is 31.4 Å². The maximum atomic E-state index is 13.6. The Kier molecular flexibility index (Phi) is 4.83. The van der Waals surface area contributed by atoms with E-state index in [4.69, 9.17) is 9.47 Å². The second-order valence-corrected chi connectivity index (χ2v) is 6.26. The third-order valence-corrected chi connectivity index (χ3v) is 4.69. The number of para-hydroxylation sites is 2. The average Bonchev–Trinajstić information content (AvgIpc) is 2.94. The lowest BCUT2D eigenvalue weighted by molar-refractivity contribution is -0.317. The maximum Gasteiger partial charge on any atom is 0.439 e. The molecule has 1 aliphatic carbocycles. The fourth-order valence-corrected chi connectivity index (χ4v) is 3.40. The lowest BCUT2D eigenvalue weighted by atomic mass is 9.80. The highest BCUT2D eigenvalue weighted by Gasteiger charge is 2.68. The molecule has 1 aromatic carbocycles. The third kappa shape index (κ3) is 3.00. The second-order valence-electron chi connectivity index (χ2n) is 6.26. The van der Waals surface area contributed by atoms with Gasteiger partial charge in [-0.25, -0.2) is 0 Å². The molecular weight excluding hydrogens is 353 g/mol. The normalized spacial score (nSPS) is 25.5. The van der Waals surface area contributed by atoms with Gasteiger partial charge in [-0.3, -0.25) is 4.79 Å². The van der Waals surface area contributed by atoms with Gasteiger partial charge in [0.2, 0.25) is 0 Å². The van der Waals surface area contributed by atoms with Crippen LogP contribution in [-0.2, 0) is 4.79 Å². The number of fused-ring (bicyclic) bond motifs is 1. The van der Waals surface area contributed by atoms with Crippen molar-refractivity contribution >= 4 is 11.6 Å². The van der Waals surface area contributed by atoms with Crippen LogP contribution in [0.5, 0.6) is 11.5 Å². The van der Waals surface area contributed by atoms with Crippen LogP contribution in [0, 0.1) is 5.92 Å². The lowest BCUT2D eigenvalue weighted by Crippen LogP contribution is -2.62. The number of rotatable bonds is 4. The Morgan fingerprint density at radius 1 is 1.35 bits per heavy atom. The number of amides is 1. The van der Waals surface area contributed by atoms with E-state index in [-0.39, 0.29) is 22.9 Å². The van der Waals surface area contributed by atoms with Crippen LogP contribution < -0.4 is 9.47 Å². The van der Waals surface area contributed by atoms with E-state index in [0.717, 1.165) is 0 Å². The molecule has 0 radical (unpaired) electrons. The van der Waals surface area contributed by atoms with Gasteiger partial charge >= 0.3 is 6.18 Å². The maximum absolute atomic E-state index is 13.6. The monoisotopic (exact) mass is 372 g/mol. The SMILES string of the molecule is COc1ccccc1OCC(=O)N1N=C2CCCC[C@H]2[C@]1(O)C(F)(F)F. The zero-order valence-corrected chi connectivity index (χ0v) is 14.1. The molecule has 0 unspecified atom stereocenters. The van der Waals surface area contributed by atoms with Crippen LogP contribution in [-0.4, -0.2) is 47.4 Å². The van der Waals surface area contributed by atoms with Crippen LogP contribution in [0.1, 0.15) is 25.7 Å². The number of ether oxygens (including phenoxy) is 2.